The van der Waals surface area contributed by atoms with E-state index in [2.05, 4.69) is 29.4 Å². The van der Waals surface area contributed by atoms with Crippen LogP contribution in [0.4, 0.5) is 0 Å². The first-order chi connectivity index (χ1) is 10.6. The van der Waals surface area contributed by atoms with E-state index in [-0.39, 0.29) is 6.10 Å². The van der Waals surface area contributed by atoms with Crippen LogP contribution >= 0.6 is 0 Å². The van der Waals surface area contributed by atoms with E-state index < -0.39 is 0 Å². The molecule has 1 aromatic carbocycles. The van der Waals surface area contributed by atoms with Crippen LogP contribution in [0.2, 0.25) is 0 Å². The summed E-state index contributed by atoms with van der Waals surface area (Å²) >= 11 is 0. The number of aromatic amines is 1. The Morgan fingerprint density at radius 3 is 2.64 bits per heavy atom. The molecule has 5 nitrogen and oxygen atoms in total. The van der Waals surface area contributed by atoms with Gasteiger partial charge in [-0.25, -0.2) is 0 Å². The fraction of sp³-hybridized carbons (Fsp3) is 0.471. The van der Waals surface area contributed by atoms with Crippen molar-refractivity contribution in [2.24, 2.45) is 5.92 Å². The summed E-state index contributed by atoms with van der Waals surface area (Å²) in [6, 6.07) is 7.87. The van der Waals surface area contributed by atoms with Crippen molar-refractivity contribution in [1.82, 2.24) is 15.5 Å². The Bertz CT molecular complexity index is 564. The molecule has 1 aromatic heterocycles. The minimum atomic E-state index is -0.309. The summed E-state index contributed by atoms with van der Waals surface area (Å²) < 4.78 is 5.17. The highest BCUT2D eigenvalue weighted by molar-refractivity contribution is 5.63. The summed E-state index contributed by atoms with van der Waals surface area (Å²) in [6.45, 7) is 5.49. The molecule has 1 heterocycles. The second-order valence-electron chi connectivity index (χ2n) is 5.91. The number of rotatable bonds is 8. The van der Waals surface area contributed by atoms with Crippen molar-refractivity contribution in [2.45, 2.75) is 32.9 Å². The summed E-state index contributed by atoms with van der Waals surface area (Å²) in [7, 11) is 1.66. The maximum absolute atomic E-state index is 9.89. The minimum absolute atomic E-state index is 0.309. The Hall–Kier alpha value is -1.85. The Labute approximate surface area is 131 Å². The van der Waals surface area contributed by atoms with Gasteiger partial charge in [0.2, 0.25) is 0 Å². The number of H-pyrrole nitrogens is 1. The summed E-state index contributed by atoms with van der Waals surface area (Å²) in [5, 5.41) is 20.3. The van der Waals surface area contributed by atoms with Gasteiger partial charge in [0.1, 0.15) is 5.75 Å². The maximum atomic E-state index is 9.89. The molecule has 0 fully saturated rings. The number of aliphatic hydroxyl groups is 1. The van der Waals surface area contributed by atoms with Crippen molar-refractivity contribution in [1.29, 1.82) is 0 Å². The van der Waals surface area contributed by atoms with Gasteiger partial charge in [-0.1, -0.05) is 13.8 Å². The van der Waals surface area contributed by atoms with Crippen LogP contribution in [0.1, 0.15) is 25.8 Å². The average Bonchev–Trinajstić information content (AvgIpc) is 2.95. The van der Waals surface area contributed by atoms with Gasteiger partial charge < -0.3 is 15.2 Å². The molecule has 0 radical (unpaired) electrons. The first-order valence-corrected chi connectivity index (χ1v) is 7.65. The van der Waals surface area contributed by atoms with Crippen molar-refractivity contribution >= 4 is 0 Å². The van der Waals surface area contributed by atoms with Gasteiger partial charge in [-0.15, -0.1) is 0 Å². The molecule has 0 bridgehead atoms. The van der Waals surface area contributed by atoms with Crippen LogP contribution in [0.25, 0.3) is 11.3 Å². The third-order valence-corrected chi connectivity index (χ3v) is 3.54. The van der Waals surface area contributed by atoms with Gasteiger partial charge in [-0.2, -0.15) is 5.10 Å². The number of aromatic nitrogens is 2. The molecule has 0 spiro atoms. The fourth-order valence-electron chi connectivity index (χ4n) is 2.45. The van der Waals surface area contributed by atoms with Crippen molar-refractivity contribution in [3.63, 3.8) is 0 Å². The number of hydrogen-bond acceptors (Lipinski definition) is 4. The molecule has 2 rings (SSSR count). The smallest absolute Gasteiger partial charge is 0.118 e. The number of ether oxygens (including phenoxy) is 1. The minimum Gasteiger partial charge on any atom is -0.497 e. The lowest BCUT2D eigenvalue weighted by molar-refractivity contribution is 0.146. The summed E-state index contributed by atoms with van der Waals surface area (Å²) in [4.78, 5) is 0. The number of nitrogens with zero attached hydrogens (tertiary/aromatic N) is 1. The maximum Gasteiger partial charge on any atom is 0.118 e. The number of hydrogen-bond donors (Lipinski definition) is 3. The number of methoxy groups -OCH3 is 1. The van der Waals surface area contributed by atoms with E-state index in [1.54, 1.807) is 7.11 Å². The fourth-order valence-corrected chi connectivity index (χ4v) is 2.45. The van der Waals surface area contributed by atoms with Gasteiger partial charge in [-0.3, -0.25) is 5.10 Å². The highest BCUT2D eigenvalue weighted by atomic mass is 16.5. The van der Waals surface area contributed by atoms with Gasteiger partial charge >= 0.3 is 0 Å². The number of nitrogens with one attached hydrogen (secondary N) is 2. The molecule has 3 N–H and O–H groups in total. The van der Waals surface area contributed by atoms with Crippen molar-refractivity contribution < 1.29 is 9.84 Å². The van der Waals surface area contributed by atoms with Gasteiger partial charge in [-0.05, 0) is 36.6 Å². The molecular weight excluding hydrogens is 278 g/mol. The molecular formula is C17H25N3O2. The van der Waals surface area contributed by atoms with Gasteiger partial charge in [0.25, 0.3) is 0 Å². The average molecular weight is 303 g/mol. The normalized spacial score (nSPS) is 12.6. The Kier molecular flexibility index (Phi) is 5.98. The predicted molar refractivity (Wildman–Crippen MR) is 87.7 cm³/mol. The molecule has 0 aliphatic heterocycles. The highest BCUT2D eigenvalue weighted by Crippen LogP contribution is 2.23. The first-order valence-electron chi connectivity index (χ1n) is 7.65. The highest BCUT2D eigenvalue weighted by Gasteiger charge is 2.10. The van der Waals surface area contributed by atoms with E-state index in [0.717, 1.165) is 29.0 Å². The van der Waals surface area contributed by atoms with Crippen molar-refractivity contribution in [3.8, 4) is 17.0 Å². The monoisotopic (exact) mass is 303 g/mol. The number of benzene rings is 1. The Balaban J connectivity index is 1.94. The zero-order valence-electron chi connectivity index (χ0n) is 13.5. The van der Waals surface area contributed by atoms with E-state index in [0.29, 0.717) is 19.0 Å². The second kappa shape index (κ2) is 7.96. The summed E-state index contributed by atoms with van der Waals surface area (Å²) in [5.41, 5.74) is 3.15. The standard InChI is InChI=1S/C17H25N3O2/c1-12(2)8-15(21)11-18-9-14-10-19-20-17(14)13-4-6-16(22-3)7-5-13/h4-7,10,12,15,18,21H,8-9,11H2,1-3H3,(H,19,20). The van der Waals surface area contributed by atoms with E-state index in [1.807, 2.05) is 30.5 Å². The molecule has 2 aromatic rings. The van der Waals surface area contributed by atoms with E-state index in [1.165, 1.54) is 0 Å². The van der Waals surface area contributed by atoms with Crippen LogP contribution in [0.5, 0.6) is 5.75 Å². The third-order valence-electron chi connectivity index (χ3n) is 3.54. The third kappa shape index (κ3) is 4.58. The van der Waals surface area contributed by atoms with E-state index in [9.17, 15) is 5.11 Å². The molecule has 0 saturated heterocycles. The molecule has 0 saturated carbocycles. The Morgan fingerprint density at radius 1 is 1.27 bits per heavy atom. The van der Waals surface area contributed by atoms with Crippen LogP contribution in [-0.2, 0) is 6.54 Å². The Morgan fingerprint density at radius 2 is 2.00 bits per heavy atom. The van der Waals surface area contributed by atoms with Crippen LogP contribution in [0.3, 0.4) is 0 Å². The summed E-state index contributed by atoms with van der Waals surface area (Å²) in [5.74, 6) is 1.33. The van der Waals surface area contributed by atoms with Crippen molar-refractivity contribution in [2.75, 3.05) is 13.7 Å². The number of aliphatic hydroxyl groups excluding tert-OH is 1. The lowest BCUT2D eigenvalue weighted by Crippen LogP contribution is -2.27. The van der Waals surface area contributed by atoms with Crippen LogP contribution in [-0.4, -0.2) is 35.1 Å². The van der Waals surface area contributed by atoms with E-state index in [4.69, 9.17) is 4.74 Å². The predicted octanol–water partition coefficient (Wildman–Crippen LogP) is 2.58. The lowest BCUT2D eigenvalue weighted by Gasteiger charge is -2.14. The molecule has 1 atom stereocenters. The van der Waals surface area contributed by atoms with Crippen LogP contribution < -0.4 is 10.1 Å². The largest absolute Gasteiger partial charge is 0.497 e. The molecule has 5 heteroatoms. The molecule has 0 aliphatic rings. The zero-order valence-corrected chi connectivity index (χ0v) is 13.5. The lowest BCUT2D eigenvalue weighted by atomic mass is 10.1. The van der Waals surface area contributed by atoms with Crippen LogP contribution in [0, 0.1) is 5.92 Å². The second-order valence-corrected chi connectivity index (χ2v) is 5.91. The topological polar surface area (TPSA) is 70.2 Å². The van der Waals surface area contributed by atoms with Crippen molar-refractivity contribution in [3.05, 3.63) is 36.0 Å². The quantitative estimate of drug-likeness (QED) is 0.701. The SMILES string of the molecule is COc1ccc(-c2[nH]ncc2CNCC(O)CC(C)C)cc1. The van der Waals surface area contributed by atoms with Gasteiger partial charge in [0, 0.05) is 24.2 Å². The molecule has 120 valence electrons. The zero-order chi connectivity index (χ0) is 15.9. The molecule has 0 amide bonds. The van der Waals surface area contributed by atoms with Gasteiger partial charge in [0.15, 0.2) is 0 Å². The molecule has 1 unspecified atom stereocenters. The summed E-state index contributed by atoms with van der Waals surface area (Å²) in [6.07, 6.45) is 2.32. The van der Waals surface area contributed by atoms with E-state index >= 15 is 0 Å². The first kappa shape index (κ1) is 16.5. The molecule has 22 heavy (non-hydrogen) atoms. The van der Waals surface area contributed by atoms with Crippen LogP contribution in [0.15, 0.2) is 30.5 Å². The van der Waals surface area contributed by atoms with Gasteiger partial charge in [0.05, 0.1) is 25.1 Å². The molecule has 0 aliphatic carbocycles.